The highest BCUT2D eigenvalue weighted by atomic mass is 79.9. The third kappa shape index (κ3) is 2.70. The Morgan fingerprint density at radius 3 is 2.86 bits per heavy atom. The number of aliphatic carboxylic acids is 1. The Labute approximate surface area is 90.2 Å². The first-order chi connectivity index (χ1) is 6.50. The van der Waals surface area contributed by atoms with Gasteiger partial charge in [-0.05, 0) is 20.9 Å². The van der Waals surface area contributed by atoms with Crippen LogP contribution in [-0.4, -0.2) is 31.7 Å². The van der Waals surface area contributed by atoms with Crippen LogP contribution in [0, 0.1) is 10.1 Å². The van der Waals surface area contributed by atoms with Gasteiger partial charge in [0.25, 0.3) is 5.16 Å². The Morgan fingerprint density at radius 2 is 2.43 bits per heavy atom. The fourth-order valence-corrected chi connectivity index (χ4v) is 1.77. The van der Waals surface area contributed by atoms with Crippen LogP contribution in [0.3, 0.4) is 0 Å². The standard InChI is InChI=1S/C5H4BrN3O4S/c6-3-4(9(12)13)8-5(7-3)14-1-2(10)11/h1H2,(H,7,8)(H,10,11). The van der Waals surface area contributed by atoms with Crippen molar-refractivity contribution in [3.8, 4) is 0 Å². The second-order valence-corrected chi connectivity index (χ2v) is 3.84. The van der Waals surface area contributed by atoms with Gasteiger partial charge in [-0.15, -0.1) is 0 Å². The lowest BCUT2D eigenvalue weighted by Crippen LogP contribution is -1.97. The Kier molecular flexibility index (Phi) is 3.47. The minimum Gasteiger partial charge on any atom is -0.481 e. The number of imidazole rings is 1. The molecule has 9 heteroatoms. The number of nitro groups is 1. The summed E-state index contributed by atoms with van der Waals surface area (Å²) >= 11 is 3.76. The molecular formula is C5H4BrN3O4S. The summed E-state index contributed by atoms with van der Waals surface area (Å²) < 4.78 is 0.0652. The van der Waals surface area contributed by atoms with Crippen LogP contribution in [-0.2, 0) is 4.79 Å². The first-order valence-corrected chi connectivity index (χ1v) is 5.03. The number of carbonyl (C=O) groups is 1. The summed E-state index contributed by atoms with van der Waals surface area (Å²) in [4.78, 5) is 26.0. The van der Waals surface area contributed by atoms with Crippen molar-refractivity contribution < 1.29 is 14.8 Å². The zero-order valence-electron chi connectivity index (χ0n) is 6.56. The highest BCUT2D eigenvalue weighted by Gasteiger charge is 2.18. The number of thioether (sulfide) groups is 1. The molecule has 0 saturated heterocycles. The smallest absolute Gasteiger partial charge is 0.356 e. The number of H-pyrrole nitrogens is 1. The average molecular weight is 282 g/mol. The van der Waals surface area contributed by atoms with Crippen molar-refractivity contribution in [1.29, 1.82) is 0 Å². The van der Waals surface area contributed by atoms with E-state index in [0.717, 1.165) is 11.8 Å². The highest BCUT2D eigenvalue weighted by Crippen LogP contribution is 2.25. The first kappa shape index (κ1) is 11.0. The van der Waals surface area contributed by atoms with Crippen LogP contribution in [0.5, 0.6) is 0 Å². The van der Waals surface area contributed by atoms with Gasteiger partial charge in [-0.1, -0.05) is 11.8 Å². The van der Waals surface area contributed by atoms with Crippen LogP contribution in [0.2, 0.25) is 0 Å². The molecule has 1 aromatic rings. The van der Waals surface area contributed by atoms with Crippen LogP contribution >= 0.6 is 27.7 Å². The van der Waals surface area contributed by atoms with E-state index in [1.165, 1.54) is 0 Å². The molecule has 7 nitrogen and oxygen atoms in total. The summed E-state index contributed by atoms with van der Waals surface area (Å²) in [7, 11) is 0. The maximum Gasteiger partial charge on any atom is 0.356 e. The second kappa shape index (κ2) is 4.42. The second-order valence-electron chi connectivity index (χ2n) is 2.12. The molecule has 0 atom stereocenters. The van der Waals surface area contributed by atoms with Gasteiger partial charge in [0.15, 0.2) is 0 Å². The minimum absolute atomic E-state index is 0.0652. The van der Waals surface area contributed by atoms with Crippen molar-refractivity contribution in [2.45, 2.75) is 5.16 Å². The van der Waals surface area contributed by atoms with E-state index in [1.54, 1.807) is 0 Å². The molecule has 0 aliphatic heterocycles. The number of nitrogens with one attached hydrogen (secondary N) is 1. The quantitative estimate of drug-likeness (QED) is 0.488. The van der Waals surface area contributed by atoms with Gasteiger partial charge in [-0.25, -0.2) is 4.98 Å². The maximum absolute atomic E-state index is 10.4. The van der Waals surface area contributed by atoms with E-state index in [1.807, 2.05) is 0 Å². The summed E-state index contributed by atoms with van der Waals surface area (Å²) in [5, 5.41) is 18.9. The van der Waals surface area contributed by atoms with Crippen molar-refractivity contribution >= 4 is 39.5 Å². The lowest BCUT2D eigenvalue weighted by molar-refractivity contribution is -0.390. The summed E-state index contributed by atoms with van der Waals surface area (Å²) in [5.74, 6) is -1.49. The molecule has 0 bridgehead atoms. The zero-order chi connectivity index (χ0) is 10.7. The molecule has 2 N–H and O–H groups in total. The molecule has 14 heavy (non-hydrogen) atoms. The minimum atomic E-state index is -1.01. The third-order valence-electron chi connectivity index (χ3n) is 1.14. The SMILES string of the molecule is O=C(O)CSc1nc(Br)c([N+](=O)[O-])[nH]1. The number of nitrogens with zero attached hydrogens (tertiary/aromatic N) is 2. The van der Waals surface area contributed by atoms with Crippen molar-refractivity contribution in [3.05, 3.63) is 14.7 Å². The Bertz CT molecular complexity index is 379. The van der Waals surface area contributed by atoms with Gasteiger partial charge >= 0.3 is 11.8 Å². The molecule has 0 aliphatic carbocycles. The maximum atomic E-state index is 10.4. The topological polar surface area (TPSA) is 109 Å². The first-order valence-electron chi connectivity index (χ1n) is 3.25. The summed E-state index contributed by atoms with van der Waals surface area (Å²) in [6.45, 7) is 0. The number of rotatable bonds is 4. The molecule has 0 amide bonds. The molecule has 1 heterocycles. The zero-order valence-corrected chi connectivity index (χ0v) is 8.96. The van der Waals surface area contributed by atoms with Crippen molar-refractivity contribution in [2.75, 3.05) is 5.75 Å². The Morgan fingerprint density at radius 1 is 1.79 bits per heavy atom. The van der Waals surface area contributed by atoms with E-state index in [0.29, 0.717) is 0 Å². The molecule has 0 unspecified atom stereocenters. The number of hydrogen-bond donors (Lipinski definition) is 2. The third-order valence-corrected chi connectivity index (χ3v) is 2.55. The van der Waals surface area contributed by atoms with Crippen molar-refractivity contribution in [3.63, 3.8) is 0 Å². The monoisotopic (exact) mass is 281 g/mol. The lowest BCUT2D eigenvalue weighted by Gasteiger charge is -1.88. The number of carboxylic acid groups (broad SMARTS) is 1. The average Bonchev–Trinajstić information content (AvgIpc) is 2.43. The van der Waals surface area contributed by atoms with Crippen molar-refractivity contribution in [1.82, 2.24) is 9.97 Å². The molecule has 76 valence electrons. The van der Waals surface area contributed by atoms with Crippen molar-refractivity contribution in [2.24, 2.45) is 0 Å². The van der Waals surface area contributed by atoms with E-state index < -0.39 is 10.9 Å². The molecule has 0 fully saturated rings. The largest absolute Gasteiger partial charge is 0.481 e. The predicted octanol–water partition coefficient (Wildman–Crippen LogP) is 1.26. The number of hydrogen-bond acceptors (Lipinski definition) is 5. The molecule has 0 radical (unpaired) electrons. The number of carboxylic acids is 1. The van der Waals surface area contributed by atoms with E-state index in [9.17, 15) is 14.9 Å². The van der Waals surface area contributed by atoms with E-state index in [2.05, 4.69) is 25.9 Å². The Hall–Kier alpha value is -1.09. The number of halogens is 1. The molecular weight excluding hydrogens is 278 g/mol. The number of aromatic amines is 1. The van der Waals surface area contributed by atoms with Gasteiger partial charge in [-0.2, -0.15) is 4.98 Å². The molecule has 0 saturated carbocycles. The summed E-state index contributed by atoms with van der Waals surface area (Å²) in [6, 6.07) is 0. The van der Waals surface area contributed by atoms with E-state index in [-0.39, 0.29) is 21.3 Å². The van der Waals surface area contributed by atoms with Crippen LogP contribution in [0.1, 0.15) is 0 Å². The molecule has 0 aliphatic rings. The summed E-state index contributed by atoms with van der Waals surface area (Å²) in [6.07, 6.45) is 0. The number of aromatic nitrogens is 2. The molecule has 1 aromatic heterocycles. The van der Waals surface area contributed by atoms with Gasteiger partial charge in [0.05, 0.1) is 0 Å². The van der Waals surface area contributed by atoms with Crippen LogP contribution in [0.25, 0.3) is 0 Å². The highest BCUT2D eigenvalue weighted by molar-refractivity contribution is 9.10. The van der Waals surface area contributed by atoms with Gasteiger partial charge in [0.2, 0.25) is 4.60 Å². The van der Waals surface area contributed by atoms with Gasteiger partial charge in [0, 0.05) is 0 Å². The van der Waals surface area contributed by atoms with Crippen LogP contribution in [0.4, 0.5) is 5.82 Å². The lowest BCUT2D eigenvalue weighted by atomic mass is 10.8. The molecule has 1 rings (SSSR count). The van der Waals surface area contributed by atoms with Crippen LogP contribution in [0.15, 0.2) is 9.76 Å². The van der Waals surface area contributed by atoms with Gasteiger partial charge < -0.3 is 15.2 Å². The fraction of sp³-hybridized carbons (Fsp3) is 0.200. The van der Waals surface area contributed by atoms with E-state index >= 15 is 0 Å². The fourth-order valence-electron chi connectivity index (χ4n) is 0.642. The molecule has 0 aromatic carbocycles. The van der Waals surface area contributed by atoms with Gasteiger partial charge in [-0.3, -0.25) is 4.79 Å². The normalized spacial score (nSPS) is 10.1. The van der Waals surface area contributed by atoms with Gasteiger partial charge in [0.1, 0.15) is 5.75 Å². The van der Waals surface area contributed by atoms with Crippen LogP contribution < -0.4 is 0 Å². The molecule has 0 spiro atoms. The summed E-state index contributed by atoms with van der Waals surface area (Å²) in [5.41, 5.74) is 0. The van der Waals surface area contributed by atoms with E-state index in [4.69, 9.17) is 5.11 Å². The Balaban J connectivity index is 2.76. The predicted molar refractivity (Wildman–Crippen MR) is 51.3 cm³/mol.